The second-order valence-corrected chi connectivity index (χ2v) is 4.82. The summed E-state index contributed by atoms with van der Waals surface area (Å²) in [4.78, 5) is 23.0. The van der Waals surface area contributed by atoms with Gasteiger partial charge in [-0.2, -0.15) is 5.10 Å². The molecule has 1 saturated carbocycles. The van der Waals surface area contributed by atoms with E-state index in [2.05, 4.69) is 10.4 Å². The van der Waals surface area contributed by atoms with E-state index < -0.39 is 17.4 Å². The molecular formula is C12H17N3O3. The number of carbonyl (C=O) groups is 2. The second kappa shape index (κ2) is 4.80. The van der Waals surface area contributed by atoms with Crippen LogP contribution in [-0.2, 0) is 9.59 Å². The first-order valence-corrected chi connectivity index (χ1v) is 6.05. The predicted molar refractivity (Wildman–Crippen MR) is 63.9 cm³/mol. The lowest BCUT2D eigenvalue weighted by Gasteiger charge is -2.37. The fourth-order valence-electron chi connectivity index (χ4n) is 2.10. The van der Waals surface area contributed by atoms with Gasteiger partial charge in [-0.15, -0.1) is 0 Å². The monoisotopic (exact) mass is 251 g/mol. The van der Waals surface area contributed by atoms with E-state index in [1.165, 1.54) is 0 Å². The summed E-state index contributed by atoms with van der Waals surface area (Å²) in [7, 11) is 0. The van der Waals surface area contributed by atoms with E-state index in [1.54, 1.807) is 30.1 Å². The summed E-state index contributed by atoms with van der Waals surface area (Å²) < 4.78 is 1.55. The highest BCUT2D eigenvalue weighted by Crippen LogP contribution is 2.40. The zero-order valence-corrected chi connectivity index (χ0v) is 10.3. The first-order chi connectivity index (χ1) is 8.55. The van der Waals surface area contributed by atoms with Gasteiger partial charge >= 0.3 is 5.97 Å². The Morgan fingerprint density at radius 1 is 1.56 bits per heavy atom. The summed E-state index contributed by atoms with van der Waals surface area (Å²) in [6, 6.07) is 1.32. The van der Waals surface area contributed by atoms with Gasteiger partial charge in [-0.3, -0.25) is 14.3 Å². The lowest BCUT2D eigenvalue weighted by molar-refractivity contribution is -0.154. The van der Waals surface area contributed by atoms with Crippen LogP contribution in [0.4, 0.5) is 0 Å². The third-order valence-electron chi connectivity index (χ3n) is 3.67. The van der Waals surface area contributed by atoms with Gasteiger partial charge in [0.05, 0.1) is 5.41 Å². The Morgan fingerprint density at radius 2 is 2.28 bits per heavy atom. The molecule has 1 fully saturated rings. The van der Waals surface area contributed by atoms with Gasteiger partial charge in [-0.1, -0.05) is 6.42 Å². The topological polar surface area (TPSA) is 84.2 Å². The van der Waals surface area contributed by atoms with Gasteiger partial charge in [0.2, 0.25) is 5.91 Å². The van der Waals surface area contributed by atoms with Crippen molar-refractivity contribution in [3.05, 3.63) is 18.5 Å². The van der Waals surface area contributed by atoms with Crippen LogP contribution in [0.25, 0.3) is 0 Å². The van der Waals surface area contributed by atoms with E-state index in [9.17, 15) is 9.59 Å². The van der Waals surface area contributed by atoms with Crippen molar-refractivity contribution >= 4 is 11.9 Å². The molecule has 98 valence electrons. The maximum absolute atomic E-state index is 11.9. The van der Waals surface area contributed by atoms with Crippen molar-refractivity contribution in [2.24, 2.45) is 5.41 Å². The first-order valence-electron chi connectivity index (χ1n) is 6.05. The van der Waals surface area contributed by atoms with E-state index in [0.717, 1.165) is 6.42 Å². The maximum atomic E-state index is 11.9. The summed E-state index contributed by atoms with van der Waals surface area (Å²) in [6.45, 7) is 1.93. The van der Waals surface area contributed by atoms with Crippen LogP contribution in [0.2, 0.25) is 0 Å². The van der Waals surface area contributed by atoms with E-state index in [4.69, 9.17) is 5.11 Å². The standard InChI is InChI=1S/C12H17N3O3/c1-9(15-7-3-6-14-15)10(16)13-8-12(11(17)18)4-2-5-12/h3,6-7,9H,2,4-5,8H2,1H3,(H,13,16)(H,17,18). The van der Waals surface area contributed by atoms with Gasteiger partial charge in [0.1, 0.15) is 6.04 Å². The number of aromatic nitrogens is 2. The van der Waals surface area contributed by atoms with E-state index in [0.29, 0.717) is 12.8 Å². The first kappa shape index (κ1) is 12.6. The normalized spacial score (nSPS) is 18.7. The van der Waals surface area contributed by atoms with E-state index >= 15 is 0 Å². The summed E-state index contributed by atoms with van der Waals surface area (Å²) in [5, 5.41) is 15.9. The minimum Gasteiger partial charge on any atom is -0.481 e. The number of amides is 1. The van der Waals surface area contributed by atoms with Crippen molar-refractivity contribution in [2.45, 2.75) is 32.2 Å². The van der Waals surface area contributed by atoms with Crippen molar-refractivity contribution in [1.29, 1.82) is 0 Å². The van der Waals surface area contributed by atoms with E-state index in [1.807, 2.05) is 0 Å². The quantitative estimate of drug-likeness (QED) is 0.811. The van der Waals surface area contributed by atoms with Crippen molar-refractivity contribution in [3.8, 4) is 0 Å². The molecule has 1 aliphatic rings. The van der Waals surface area contributed by atoms with Crippen LogP contribution in [0, 0.1) is 5.41 Å². The van der Waals surface area contributed by atoms with Gasteiger partial charge in [0, 0.05) is 18.9 Å². The number of nitrogens with zero attached hydrogens (tertiary/aromatic N) is 2. The average molecular weight is 251 g/mol. The molecule has 0 spiro atoms. The molecule has 0 radical (unpaired) electrons. The molecule has 1 unspecified atom stereocenters. The molecule has 2 rings (SSSR count). The minimum atomic E-state index is -0.819. The fourth-order valence-corrected chi connectivity index (χ4v) is 2.10. The third kappa shape index (κ3) is 2.23. The van der Waals surface area contributed by atoms with Crippen LogP contribution in [0.5, 0.6) is 0 Å². The number of carboxylic acids is 1. The largest absolute Gasteiger partial charge is 0.481 e. The van der Waals surface area contributed by atoms with Gasteiger partial charge in [0.25, 0.3) is 0 Å². The Morgan fingerprint density at radius 3 is 2.72 bits per heavy atom. The maximum Gasteiger partial charge on any atom is 0.311 e. The van der Waals surface area contributed by atoms with Crippen LogP contribution in [-0.4, -0.2) is 33.3 Å². The number of nitrogens with one attached hydrogen (secondary N) is 1. The Labute approximate surface area is 105 Å². The highest BCUT2D eigenvalue weighted by molar-refractivity contribution is 5.81. The number of hydrogen-bond donors (Lipinski definition) is 2. The molecule has 1 aliphatic carbocycles. The van der Waals surface area contributed by atoms with Gasteiger partial charge < -0.3 is 10.4 Å². The molecule has 1 heterocycles. The molecule has 18 heavy (non-hydrogen) atoms. The zero-order chi connectivity index (χ0) is 13.2. The lowest BCUT2D eigenvalue weighted by Crippen LogP contribution is -2.48. The van der Waals surface area contributed by atoms with Crippen molar-refractivity contribution in [2.75, 3.05) is 6.54 Å². The highest BCUT2D eigenvalue weighted by atomic mass is 16.4. The molecule has 6 nitrogen and oxygen atoms in total. The van der Waals surface area contributed by atoms with Crippen molar-refractivity contribution in [3.63, 3.8) is 0 Å². The summed E-state index contributed by atoms with van der Waals surface area (Å²) >= 11 is 0. The molecule has 2 N–H and O–H groups in total. The van der Waals surface area contributed by atoms with Crippen LogP contribution >= 0.6 is 0 Å². The second-order valence-electron chi connectivity index (χ2n) is 4.82. The molecule has 0 aromatic carbocycles. The van der Waals surface area contributed by atoms with Crippen LogP contribution in [0.1, 0.15) is 32.2 Å². The number of hydrogen-bond acceptors (Lipinski definition) is 3. The summed E-state index contributed by atoms with van der Waals surface area (Å²) in [5.74, 6) is -1.02. The van der Waals surface area contributed by atoms with E-state index in [-0.39, 0.29) is 12.5 Å². The molecule has 1 aromatic rings. The van der Waals surface area contributed by atoms with Crippen LogP contribution in [0.15, 0.2) is 18.5 Å². The zero-order valence-electron chi connectivity index (χ0n) is 10.3. The van der Waals surface area contributed by atoms with Crippen molar-refractivity contribution < 1.29 is 14.7 Å². The van der Waals surface area contributed by atoms with Gasteiger partial charge in [-0.25, -0.2) is 0 Å². The van der Waals surface area contributed by atoms with Gasteiger partial charge in [-0.05, 0) is 25.8 Å². The summed E-state index contributed by atoms with van der Waals surface area (Å²) in [5.41, 5.74) is -0.750. The average Bonchev–Trinajstić information content (AvgIpc) is 2.79. The smallest absolute Gasteiger partial charge is 0.311 e. The lowest BCUT2D eigenvalue weighted by atomic mass is 9.69. The molecule has 1 aromatic heterocycles. The number of rotatable bonds is 5. The Bertz CT molecular complexity index is 437. The third-order valence-corrected chi connectivity index (χ3v) is 3.67. The Kier molecular flexibility index (Phi) is 3.36. The molecule has 1 amide bonds. The summed E-state index contributed by atoms with van der Waals surface area (Å²) in [6.07, 6.45) is 5.50. The Hall–Kier alpha value is -1.85. The molecule has 0 bridgehead atoms. The van der Waals surface area contributed by atoms with Crippen molar-refractivity contribution in [1.82, 2.24) is 15.1 Å². The van der Waals surface area contributed by atoms with Crippen LogP contribution in [0.3, 0.4) is 0 Å². The predicted octanol–water partition coefficient (Wildman–Crippen LogP) is 0.815. The molecule has 6 heteroatoms. The molecule has 0 aliphatic heterocycles. The number of carbonyl (C=O) groups excluding carboxylic acids is 1. The van der Waals surface area contributed by atoms with Gasteiger partial charge in [0.15, 0.2) is 0 Å². The highest BCUT2D eigenvalue weighted by Gasteiger charge is 2.44. The number of aliphatic carboxylic acids is 1. The number of carboxylic acid groups (broad SMARTS) is 1. The SMILES string of the molecule is CC(C(=O)NCC1(C(=O)O)CCC1)n1cccn1. The molecule has 1 atom stereocenters. The van der Waals surface area contributed by atoms with Crippen LogP contribution < -0.4 is 5.32 Å². The Balaban J connectivity index is 1.90. The molecule has 0 saturated heterocycles. The minimum absolute atomic E-state index is 0.201. The molecular weight excluding hydrogens is 234 g/mol. The fraction of sp³-hybridized carbons (Fsp3) is 0.583.